The highest BCUT2D eigenvalue weighted by Crippen LogP contribution is 2.29. The number of carbonyl (C=O) groups is 1. The summed E-state index contributed by atoms with van der Waals surface area (Å²) in [6.07, 6.45) is 0. The predicted molar refractivity (Wildman–Crippen MR) is 93.3 cm³/mol. The molecule has 0 aromatic heterocycles. The van der Waals surface area contributed by atoms with Crippen molar-refractivity contribution >= 4 is 15.9 Å². The van der Waals surface area contributed by atoms with Crippen molar-refractivity contribution in [3.63, 3.8) is 0 Å². The number of hydrogen-bond donors (Lipinski definition) is 2. The number of hydrogen-bond acceptors (Lipinski definition) is 5. The molecule has 7 nitrogen and oxygen atoms in total. The molecule has 1 atom stereocenters. The zero-order chi connectivity index (χ0) is 20.2. The van der Waals surface area contributed by atoms with Gasteiger partial charge in [-0.05, 0) is 42.8 Å². The molecule has 0 radical (unpaired) electrons. The molecule has 146 valence electrons. The highest BCUT2D eigenvalue weighted by molar-refractivity contribution is 7.89. The first kappa shape index (κ1) is 20.6. The largest absolute Gasteiger partial charge is 0.493 e. The standard InChI is InChI=1S/C17H18F2N2O5S/c1-10(11-4-3-5-13(8-11)27(20,23)24)21-16(22)12-6-7-14(26-17(18)19)15(9-12)25-2/h3-10,17H,1-2H3,(H,21,22)(H2,20,23,24). The Balaban J connectivity index is 2.19. The van der Waals surface area contributed by atoms with E-state index in [1.54, 1.807) is 13.0 Å². The molecular weight excluding hydrogens is 382 g/mol. The van der Waals surface area contributed by atoms with Crippen LogP contribution in [0.4, 0.5) is 8.78 Å². The predicted octanol–water partition coefficient (Wildman–Crippen LogP) is 2.44. The van der Waals surface area contributed by atoms with E-state index in [-0.39, 0.29) is 22.0 Å². The molecule has 0 heterocycles. The van der Waals surface area contributed by atoms with Gasteiger partial charge in [0, 0.05) is 5.56 Å². The van der Waals surface area contributed by atoms with E-state index in [4.69, 9.17) is 9.88 Å². The minimum Gasteiger partial charge on any atom is -0.493 e. The number of nitrogens with one attached hydrogen (secondary N) is 1. The fourth-order valence-corrected chi connectivity index (χ4v) is 2.89. The van der Waals surface area contributed by atoms with Crippen molar-refractivity contribution in [3.05, 3.63) is 53.6 Å². The van der Waals surface area contributed by atoms with Gasteiger partial charge in [0.1, 0.15) is 0 Å². The summed E-state index contributed by atoms with van der Waals surface area (Å²) in [4.78, 5) is 12.3. The van der Waals surface area contributed by atoms with E-state index in [2.05, 4.69) is 10.1 Å². The molecule has 0 fully saturated rings. The van der Waals surface area contributed by atoms with E-state index in [1.165, 1.54) is 43.5 Å². The van der Waals surface area contributed by atoms with Crippen LogP contribution in [0.15, 0.2) is 47.4 Å². The minimum atomic E-state index is -3.87. The Morgan fingerprint density at radius 1 is 1.15 bits per heavy atom. The number of carbonyl (C=O) groups excluding carboxylic acids is 1. The Labute approximate surface area is 155 Å². The van der Waals surface area contributed by atoms with Crippen LogP contribution in [0.5, 0.6) is 11.5 Å². The molecule has 0 saturated carbocycles. The van der Waals surface area contributed by atoms with Gasteiger partial charge in [-0.3, -0.25) is 4.79 Å². The summed E-state index contributed by atoms with van der Waals surface area (Å²) in [6.45, 7) is -1.37. The molecule has 0 bridgehead atoms. The Kier molecular flexibility index (Phi) is 6.34. The van der Waals surface area contributed by atoms with Gasteiger partial charge in [-0.25, -0.2) is 13.6 Å². The van der Waals surface area contributed by atoms with Crippen LogP contribution in [0.1, 0.15) is 28.9 Å². The van der Waals surface area contributed by atoms with E-state index in [0.29, 0.717) is 5.56 Å². The molecule has 10 heteroatoms. The van der Waals surface area contributed by atoms with Crippen LogP contribution in [0, 0.1) is 0 Å². The third-order valence-corrected chi connectivity index (χ3v) is 4.59. The molecule has 2 aromatic carbocycles. The molecule has 3 N–H and O–H groups in total. The van der Waals surface area contributed by atoms with Crippen LogP contribution in [-0.4, -0.2) is 28.0 Å². The van der Waals surface area contributed by atoms with Gasteiger partial charge in [-0.15, -0.1) is 0 Å². The Bertz CT molecular complexity index is 935. The molecule has 1 amide bonds. The molecule has 0 aliphatic heterocycles. The summed E-state index contributed by atoms with van der Waals surface area (Å²) >= 11 is 0. The number of methoxy groups -OCH3 is 1. The van der Waals surface area contributed by atoms with Crippen molar-refractivity contribution in [1.29, 1.82) is 0 Å². The van der Waals surface area contributed by atoms with Gasteiger partial charge in [-0.2, -0.15) is 8.78 Å². The van der Waals surface area contributed by atoms with Crippen molar-refractivity contribution in [2.24, 2.45) is 5.14 Å². The zero-order valence-electron chi connectivity index (χ0n) is 14.5. The lowest BCUT2D eigenvalue weighted by atomic mass is 10.1. The van der Waals surface area contributed by atoms with Crippen LogP contribution in [0.25, 0.3) is 0 Å². The zero-order valence-corrected chi connectivity index (χ0v) is 15.3. The first-order chi connectivity index (χ1) is 12.6. The topological polar surface area (TPSA) is 108 Å². The van der Waals surface area contributed by atoms with Gasteiger partial charge in [0.25, 0.3) is 5.91 Å². The van der Waals surface area contributed by atoms with Crippen LogP contribution >= 0.6 is 0 Å². The number of amides is 1. The van der Waals surface area contributed by atoms with Gasteiger partial charge < -0.3 is 14.8 Å². The van der Waals surface area contributed by atoms with E-state index in [1.807, 2.05) is 0 Å². The average molecular weight is 400 g/mol. The molecule has 0 aliphatic rings. The van der Waals surface area contributed by atoms with Crippen molar-refractivity contribution in [2.45, 2.75) is 24.5 Å². The summed E-state index contributed by atoms with van der Waals surface area (Å²) in [5.41, 5.74) is 0.683. The first-order valence-electron chi connectivity index (χ1n) is 7.68. The number of rotatable bonds is 7. The second-order valence-electron chi connectivity index (χ2n) is 5.56. The van der Waals surface area contributed by atoms with Crippen LogP contribution < -0.4 is 19.9 Å². The number of ether oxygens (including phenoxy) is 2. The first-order valence-corrected chi connectivity index (χ1v) is 9.23. The number of halogens is 2. The number of nitrogens with two attached hydrogens (primary N) is 1. The van der Waals surface area contributed by atoms with Gasteiger partial charge in [0.15, 0.2) is 11.5 Å². The van der Waals surface area contributed by atoms with E-state index in [9.17, 15) is 22.0 Å². The van der Waals surface area contributed by atoms with E-state index < -0.39 is 28.6 Å². The van der Waals surface area contributed by atoms with Crippen molar-refractivity contribution in [1.82, 2.24) is 5.32 Å². The van der Waals surface area contributed by atoms with Gasteiger partial charge in [0.2, 0.25) is 10.0 Å². The third-order valence-electron chi connectivity index (χ3n) is 3.68. The molecule has 0 saturated heterocycles. The summed E-state index contributed by atoms with van der Waals surface area (Å²) in [5.74, 6) is -0.727. The fourth-order valence-electron chi connectivity index (χ4n) is 2.33. The fraction of sp³-hybridized carbons (Fsp3) is 0.235. The second-order valence-corrected chi connectivity index (χ2v) is 7.12. The average Bonchev–Trinajstić information content (AvgIpc) is 2.60. The SMILES string of the molecule is COc1cc(C(=O)NC(C)c2cccc(S(N)(=O)=O)c2)ccc1OC(F)F. The van der Waals surface area contributed by atoms with Crippen LogP contribution in [0.2, 0.25) is 0 Å². The van der Waals surface area contributed by atoms with E-state index >= 15 is 0 Å². The van der Waals surface area contributed by atoms with E-state index in [0.717, 1.165) is 0 Å². The minimum absolute atomic E-state index is 0.0215. The van der Waals surface area contributed by atoms with Gasteiger partial charge >= 0.3 is 6.61 Å². The summed E-state index contributed by atoms with van der Waals surface area (Å²) in [7, 11) is -2.61. The number of primary sulfonamides is 1. The smallest absolute Gasteiger partial charge is 0.387 e. The summed E-state index contributed by atoms with van der Waals surface area (Å²) < 4.78 is 56.9. The molecular formula is C17H18F2N2O5S. The second kappa shape index (κ2) is 8.31. The maximum Gasteiger partial charge on any atom is 0.387 e. The molecule has 2 rings (SSSR count). The van der Waals surface area contributed by atoms with Gasteiger partial charge in [0.05, 0.1) is 18.0 Å². The number of sulfonamides is 1. The third kappa shape index (κ3) is 5.38. The summed E-state index contributed by atoms with van der Waals surface area (Å²) in [6, 6.07) is 9.09. The lowest BCUT2D eigenvalue weighted by Crippen LogP contribution is -2.27. The maximum atomic E-state index is 12.4. The lowest BCUT2D eigenvalue weighted by Gasteiger charge is -2.16. The molecule has 27 heavy (non-hydrogen) atoms. The monoisotopic (exact) mass is 400 g/mol. The molecule has 0 spiro atoms. The quantitative estimate of drug-likeness (QED) is 0.742. The Morgan fingerprint density at radius 2 is 1.85 bits per heavy atom. The van der Waals surface area contributed by atoms with Crippen molar-refractivity contribution in [3.8, 4) is 11.5 Å². The van der Waals surface area contributed by atoms with Gasteiger partial charge in [-0.1, -0.05) is 12.1 Å². The van der Waals surface area contributed by atoms with Crippen LogP contribution in [-0.2, 0) is 10.0 Å². The Morgan fingerprint density at radius 3 is 2.44 bits per heavy atom. The van der Waals surface area contributed by atoms with Crippen molar-refractivity contribution in [2.75, 3.05) is 7.11 Å². The van der Waals surface area contributed by atoms with Crippen molar-refractivity contribution < 1.29 is 31.5 Å². The number of benzene rings is 2. The molecule has 2 aromatic rings. The Hall–Kier alpha value is -2.72. The molecule has 0 aliphatic carbocycles. The lowest BCUT2D eigenvalue weighted by molar-refractivity contribution is -0.0512. The normalized spacial score (nSPS) is 12.5. The summed E-state index contributed by atoms with van der Waals surface area (Å²) in [5, 5.41) is 7.79. The maximum absolute atomic E-state index is 12.4. The highest BCUT2D eigenvalue weighted by atomic mass is 32.2. The van der Waals surface area contributed by atoms with Crippen LogP contribution in [0.3, 0.4) is 0 Å². The number of alkyl halides is 2. The highest BCUT2D eigenvalue weighted by Gasteiger charge is 2.17. The molecule has 1 unspecified atom stereocenters.